The van der Waals surface area contributed by atoms with Gasteiger partial charge in [-0.2, -0.15) is 0 Å². The molecule has 0 fully saturated rings. The number of hydrogen-bond donors (Lipinski definition) is 4. The van der Waals surface area contributed by atoms with Gasteiger partial charge in [0.15, 0.2) is 0 Å². The Labute approximate surface area is 313 Å². The maximum atomic E-state index is 12.4. The molecule has 0 saturated heterocycles. The largest absolute Gasteiger partial charge is 0.394 e. The van der Waals surface area contributed by atoms with Crippen molar-refractivity contribution in [3.05, 3.63) is 0 Å². The molecule has 1 amide bonds. The topological polar surface area (TPSA) is 89.8 Å². The van der Waals surface area contributed by atoms with Crippen molar-refractivity contribution in [2.24, 2.45) is 0 Å². The van der Waals surface area contributed by atoms with Crippen LogP contribution >= 0.6 is 0 Å². The Bertz CT molecular complexity index is 659. The third kappa shape index (κ3) is 35.7. The molecule has 0 aliphatic carbocycles. The Balaban J connectivity index is 3.56. The number of unbranched alkanes of at least 4 members (excludes halogenated alkanes) is 34. The van der Waals surface area contributed by atoms with E-state index in [0.29, 0.717) is 12.8 Å². The normalized spacial score (nSPS) is 13.5. The van der Waals surface area contributed by atoms with E-state index in [1.165, 1.54) is 199 Å². The van der Waals surface area contributed by atoms with Gasteiger partial charge in [-0.15, -0.1) is 0 Å². The summed E-state index contributed by atoms with van der Waals surface area (Å²) in [6.45, 7) is 4.20. The zero-order chi connectivity index (χ0) is 36.6. The van der Waals surface area contributed by atoms with Crippen LogP contribution in [0.4, 0.5) is 0 Å². The highest BCUT2D eigenvalue weighted by Crippen LogP contribution is 2.17. The molecule has 0 aromatic carbocycles. The first-order chi connectivity index (χ1) is 24.6. The molecule has 0 aliphatic rings. The Morgan fingerprint density at radius 3 is 0.960 bits per heavy atom. The van der Waals surface area contributed by atoms with Crippen molar-refractivity contribution in [1.82, 2.24) is 5.32 Å². The van der Waals surface area contributed by atoms with Gasteiger partial charge in [0.05, 0.1) is 18.8 Å². The predicted molar refractivity (Wildman–Crippen MR) is 218 cm³/mol. The molecule has 0 rings (SSSR count). The number of carbonyl (C=O) groups excluding carboxylic acids is 1. The average molecular weight is 710 g/mol. The van der Waals surface area contributed by atoms with E-state index >= 15 is 0 Å². The van der Waals surface area contributed by atoms with Crippen LogP contribution in [0, 0.1) is 0 Å². The molecule has 0 aliphatic heterocycles. The third-order valence-corrected chi connectivity index (χ3v) is 11.0. The first kappa shape index (κ1) is 49.4. The maximum Gasteiger partial charge on any atom is 0.220 e. The van der Waals surface area contributed by atoms with Crippen LogP contribution in [0.3, 0.4) is 0 Å². The van der Waals surface area contributed by atoms with Gasteiger partial charge >= 0.3 is 0 Å². The van der Waals surface area contributed by atoms with Crippen molar-refractivity contribution < 1.29 is 20.1 Å². The van der Waals surface area contributed by atoms with Gasteiger partial charge in [0, 0.05) is 6.42 Å². The van der Waals surface area contributed by atoms with Crippen LogP contribution < -0.4 is 5.32 Å². The fourth-order valence-electron chi connectivity index (χ4n) is 7.40. The number of carbonyl (C=O) groups is 1. The van der Waals surface area contributed by atoms with E-state index < -0.39 is 18.2 Å². The second-order valence-electron chi connectivity index (χ2n) is 16.0. The zero-order valence-corrected chi connectivity index (χ0v) is 34.1. The van der Waals surface area contributed by atoms with Gasteiger partial charge in [-0.1, -0.05) is 239 Å². The summed E-state index contributed by atoms with van der Waals surface area (Å²) in [6.07, 6.45) is 46.4. The molecule has 5 nitrogen and oxygen atoms in total. The number of nitrogens with one attached hydrogen (secondary N) is 1. The molecule has 0 spiro atoms. The molecular formula is C45H91NO4. The summed E-state index contributed by atoms with van der Waals surface area (Å²) in [5.41, 5.74) is 0. The number of aliphatic hydroxyl groups is 3. The molecule has 300 valence electrons. The molecule has 5 heteroatoms. The summed E-state index contributed by atoms with van der Waals surface area (Å²) >= 11 is 0. The minimum Gasteiger partial charge on any atom is -0.394 e. The Morgan fingerprint density at radius 1 is 0.420 bits per heavy atom. The molecule has 0 saturated carbocycles. The van der Waals surface area contributed by atoms with Crippen LogP contribution in [0.1, 0.15) is 258 Å². The van der Waals surface area contributed by atoms with Crippen molar-refractivity contribution >= 4 is 5.91 Å². The van der Waals surface area contributed by atoms with Crippen molar-refractivity contribution in [3.8, 4) is 0 Å². The summed E-state index contributed by atoms with van der Waals surface area (Å²) in [5.74, 6) is -0.139. The van der Waals surface area contributed by atoms with Crippen LogP contribution in [-0.2, 0) is 4.79 Å². The third-order valence-electron chi connectivity index (χ3n) is 11.0. The van der Waals surface area contributed by atoms with Crippen LogP contribution in [0.25, 0.3) is 0 Å². The zero-order valence-electron chi connectivity index (χ0n) is 34.1. The quantitative estimate of drug-likeness (QED) is 0.0475. The fraction of sp³-hybridized carbons (Fsp3) is 0.978. The monoisotopic (exact) mass is 710 g/mol. The van der Waals surface area contributed by atoms with E-state index in [9.17, 15) is 20.1 Å². The highest BCUT2D eigenvalue weighted by atomic mass is 16.3. The Hall–Kier alpha value is -0.650. The van der Waals surface area contributed by atoms with E-state index in [2.05, 4.69) is 19.2 Å². The molecule has 0 aromatic rings. The van der Waals surface area contributed by atoms with E-state index in [0.717, 1.165) is 32.1 Å². The molecular weight excluding hydrogens is 618 g/mol. The lowest BCUT2D eigenvalue weighted by Gasteiger charge is -2.26. The highest BCUT2D eigenvalue weighted by molar-refractivity contribution is 5.76. The standard InChI is InChI=1S/C45H91NO4/c1-3-5-7-9-11-13-15-17-19-21-22-23-24-26-28-30-32-34-36-38-40-44(49)46-42(41-47)45(50)43(48)39-37-35-33-31-29-27-25-20-18-16-14-12-10-8-6-4-2/h42-43,45,47-48,50H,3-41H2,1-2H3,(H,46,49)/t42-,43+,45-/m0/s1. The molecule has 0 radical (unpaired) electrons. The van der Waals surface area contributed by atoms with E-state index in [1.807, 2.05) is 0 Å². The predicted octanol–water partition coefficient (Wildman–Crippen LogP) is 13.0. The molecule has 4 N–H and O–H groups in total. The number of rotatable bonds is 42. The van der Waals surface area contributed by atoms with Crippen LogP contribution in [0.15, 0.2) is 0 Å². The minimum atomic E-state index is -1.13. The van der Waals surface area contributed by atoms with Crippen molar-refractivity contribution in [3.63, 3.8) is 0 Å². The maximum absolute atomic E-state index is 12.4. The molecule has 50 heavy (non-hydrogen) atoms. The van der Waals surface area contributed by atoms with Crippen molar-refractivity contribution in [1.29, 1.82) is 0 Å². The van der Waals surface area contributed by atoms with Gasteiger partial charge in [0.1, 0.15) is 6.10 Å². The van der Waals surface area contributed by atoms with Crippen LogP contribution in [-0.4, -0.2) is 46.1 Å². The molecule has 0 bridgehead atoms. The van der Waals surface area contributed by atoms with Crippen LogP contribution in [0.5, 0.6) is 0 Å². The number of amides is 1. The van der Waals surface area contributed by atoms with Gasteiger partial charge in [-0.25, -0.2) is 0 Å². The first-order valence-corrected chi connectivity index (χ1v) is 22.8. The Morgan fingerprint density at radius 2 is 0.680 bits per heavy atom. The van der Waals surface area contributed by atoms with Gasteiger partial charge in [-0.05, 0) is 12.8 Å². The fourth-order valence-corrected chi connectivity index (χ4v) is 7.40. The summed E-state index contributed by atoms with van der Waals surface area (Å²) in [6, 6.07) is -0.802. The lowest BCUT2D eigenvalue weighted by Crippen LogP contribution is -2.50. The summed E-state index contributed by atoms with van der Waals surface area (Å²) < 4.78 is 0. The van der Waals surface area contributed by atoms with Crippen LogP contribution in [0.2, 0.25) is 0 Å². The first-order valence-electron chi connectivity index (χ1n) is 22.8. The van der Waals surface area contributed by atoms with Crippen molar-refractivity contribution in [2.75, 3.05) is 6.61 Å². The Kier molecular flexibility index (Phi) is 40.6. The van der Waals surface area contributed by atoms with E-state index in [-0.39, 0.29) is 12.5 Å². The van der Waals surface area contributed by atoms with Gasteiger partial charge < -0.3 is 20.6 Å². The van der Waals surface area contributed by atoms with Gasteiger partial charge in [-0.3, -0.25) is 4.79 Å². The second-order valence-corrected chi connectivity index (χ2v) is 16.0. The van der Waals surface area contributed by atoms with E-state index in [1.54, 1.807) is 0 Å². The lowest BCUT2D eigenvalue weighted by atomic mass is 9.99. The van der Waals surface area contributed by atoms with Gasteiger partial charge in [0.2, 0.25) is 5.91 Å². The summed E-state index contributed by atoms with van der Waals surface area (Å²) in [5, 5.41) is 33.6. The molecule has 0 heterocycles. The molecule has 0 aromatic heterocycles. The van der Waals surface area contributed by atoms with Crippen molar-refractivity contribution in [2.45, 2.75) is 276 Å². The second kappa shape index (κ2) is 41.1. The summed E-state index contributed by atoms with van der Waals surface area (Å²) in [4.78, 5) is 12.4. The molecule has 3 atom stereocenters. The SMILES string of the molecule is CCCCCCCCCCCCCCCCCCCCCCC(=O)N[C@@H](CO)[C@H](O)[C@H](O)CCCCCCCCCCCCCCCCCC. The minimum absolute atomic E-state index is 0.139. The molecule has 0 unspecified atom stereocenters. The number of hydrogen-bond acceptors (Lipinski definition) is 4. The highest BCUT2D eigenvalue weighted by Gasteiger charge is 2.26. The lowest BCUT2D eigenvalue weighted by molar-refractivity contribution is -0.124. The van der Waals surface area contributed by atoms with Gasteiger partial charge in [0.25, 0.3) is 0 Å². The van der Waals surface area contributed by atoms with E-state index in [4.69, 9.17) is 0 Å². The smallest absolute Gasteiger partial charge is 0.220 e. The average Bonchev–Trinajstić information content (AvgIpc) is 3.12. The number of aliphatic hydroxyl groups excluding tert-OH is 3. The summed E-state index contributed by atoms with van der Waals surface area (Å²) in [7, 11) is 0.